The van der Waals surface area contributed by atoms with E-state index in [-0.39, 0.29) is 0 Å². The molecule has 1 rings (SSSR count). The predicted octanol–water partition coefficient (Wildman–Crippen LogP) is 3.44. The fourth-order valence-corrected chi connectivity index (χ4v) is 1.25. The lowest BCUT2D eigenvalue weighted by Gasteiger charge is -2.20. The second-order valence-corrected chi connectivity index (χ2v) is 3.84. The molecule has 0 N–H and O–H groups in total. The molecule has 0 aliphatic carbocycles. The lowest BCUT2D eigenvalue weighted by Crippen LogP contribution is -2.35. The fraction of sp³-hybridized carbons (Fsp3) is 0.667. The molecule has 0 saturated carbocycles. The molecule has 1 atom stereocenters. The van der Waals surface area contributed by atoms with Crippen LogP contribution in [-0.2, 0) is 0 Å². The number of rotatable bonds is 4. The summed E-state index contributed by atoms with van der Waals surface area (Å²) in [5.41, 5.74) is 0. The molecule has 0 aromatic rings. The molecule has 7 heteroatoms. The summed E-state index contributed by atoms with van der Waals surface area (Å²) in [4.78, 5) is 4.08. The van der Waals surface area contributed by atoms with Gasteiger partial charge in [-0.15, -0.1) is 0 Å². The number of unbranched alkanes of at least 4 members (excludes halogenated alkanes) is 2. The van der Waals surface area contributed by atoms with Crippen molar-refractivity contribution in [2.24, 2.45) is 4.99 Å². The third-order valence-electron chi connectivity index (χ3n) is 2.07. The summed E-state index contributed by atoms with van der Waals surface area (Å²) in [5.74, 6) is 0. The van der Waals surface area contributed by atoms with E-state index in [1.54, 1.807) is 0 Å². The number of aliphatic imine (C=N–C) groups is 1. The van der Waals surface area contributed by atoms with Gasteiger partial charge in [0.05, 0.1) is 19.8 Å². The molecule has 16 heavy (non-hydrogen) atoms. The van der Waals surface area contributed by atoms with Crippen molar-refractivity contribution in [1.29, 1.82) is 0 Å². The van der Waals surface area contributed by atoms with Crippen LogP contribution in [0, 0.1) is 0 Å². The number of hydrogen-bond acceptors (Lipinski definition) is 1. The van der Waals surface area contributed by atoms with Gasteiger partial charge in [0.25, 0.3) is 0 Å². The summed E-state index contributed by atoms with van der Waals surface area (Å²) in [7, 11) is -3.82. The van der Waals surface area contributed by atoms with Crippen LogP contribution >= 0.6 is 0 Å². The highest BCUT2D eigenvalue weighted by Gasteiger charge is 2.20. The summed E-state index contributed by atoms with van der Waals surface area (Å²) < 4.78 is 39.9. The topological polar surface area (TPSA) is 12.4 Å². The largest absolute Gasteiger partial charge is 0.673 e. The van der Waals surface area contributed by atoms with Crippen LogP contribution in [0.3, 0.4) is 0 Å². The quantitative estimate of drug-likeness (QED) is 0.309. The van der Waals surface area contributed by atoms with Crippen molar-refractivity contribution in [2.75, 3.05) is 13.6 Å². The van der Waals surface area contributed by atoms with Gasteiger partial charge in [-0.05, 0) is 12.8 Å². The maximum absolute atomic E-state index is 9.75. The van der Waals surface area contributed by atoms with Crippen molar-refractivity contribution in [3.05, 3.63) is 12.4 Å². The van der Waals surface area contributed by atoms with Gasteiger partial charge in [0.15, 0.2) is 6.34 Å². The Bertz CT molecular complexity index is 232. The Hall–Kier alpha value is -0.845. The van der Waals surface area contributed by atoms with Crippen molar-refractivity contribution in [2.45, 2.75) is 26.2 Å². The lowest BCUT2D eigenvalue weighted by atomic mass is 10.2. The highest BCUT2D eigenvalue weighted by molar-refractivity contribution is 6.50. The molecule has 94 valence electrons. The molecular formula is C9H17BF4N2. The van der Waals surface area contributed by atoms with Crippen LogP contribution < -0.4 is 0 Å². The minimum atomic E-state index is -6.00. The van der Waals surface area contributed by atoms with Crippen molar-refractivity contribution in [1.82, 2.24) is 0 Å². The van der Waals surface area contributed by atoms with Crippen LogP contribution in [0.15, 0.2) is 17.4 Å². The average Bonchev–Trinajstić information content (AvgIpc) is 2.50. The first-order valence-corrected chi connectivity index (χ1v) is 5.21. The Balaban J connectivity index is 0.000000385. The zero-order chi connectivity index (χ0) is 12.7. The molecule has 1 heterocycles. The molecule has 0 amide bonds. The standard InChI is InChI=1S/C9H17N2.BF4/c1-3-4-5-7-11(2)8-6-10-9-11;2-1(3,4)5/h6,8-9H,3-5,7H2,1-2H3;/q+1;-1. The van der Waals surface area contributed by atoms with E-state index in [2.05, 4.69) is 25.2 Å². The van der Waals surface area contributed by atoms with Gasteiger partial charge in [-0.3, -0.25) is 4.48 Å². The minimum Gasteiger partial charge on any atom is -0.418 e. The van der Waals surface area contributed by atoms with Crippen molar-refractivity contribution < 1.29 is 21.7 Å². The van der Waals surface area contributed by atoms with Gasteiger partial charge in [0.1, 0.15) is 6.20 Å². The van der Waals surface area contributed by atoms with E-state index in [9.17, 15) is 17.3 Å². The highest BCUT2D eigenvalue weighted by Crippen LogP contribution is 2.09. The van der Waals surface area contributed by atoms with E-state index >= 15 is 0 Å². The van der Waals surface area contributed by atoms with Crippen LogP contribution in [0.25, 0.3) is 0 Å². The second-order valence-electron chi connectivity index (χ2n) is 3.84. The molecule has 1 aliphatic rings. The Labute approximate surface area is 93.4 Å². The average molecular weight is 240 g/mol. The molecule has 0 saturated heterocycles. The van der Waals surface area contributed by atoms with Crippen molar-refractivity contribution >= 4 is 13.6 Å². The van der Waals surface area contributed by atoms with Gasteiger partial charge in [0.2, 0.25) is 0 Å². The zero-order valence-electron chi connectivity index (χ0n) is 9.54. The van der Waals surface area contributed by atoms with Crippen LogP contribution in [0.4, 0.5) is 17.3 Å². The van der Waals surface area contributed by atoms with E-state index in [0.29, 0.717) is 0 Å². The van der Waals surface area contributed by atoms with Gasteiger partial charge in [-0.25, -0.2) is 4.99 Å². The molecule has 1 aliphatic heterocycles. The SMILES string of the molecule is CCCCC[N+]1(C)C=CN=C1.F[B-](F)(F)F. The molecular weight excluding hydrogens is 223 g/mol. The zero-order valence-corrected chi connectivity index (χ0v) is 9.54. The summed E-state index contributed by atoms with van der Waals surface area (Å²) in [6.45, 7) is 3.42. The smallest absolute Gasteiger partial charge is 0.418 e. The Morgan fingerprint density at radius 1 is 1.19 bits per heavy atom. The molecule has 0 spiro atoms. The molecule has 1 unspecified atom stereocenters. The molecule has 0 aromatic carbocycles. The van der Waals surface area contributed by atoms with Crippen LogP contribution in [0.2, 0.25) is 0 Å². The number of halogens is 4. The first kappa shape index (κ1) is 15.2. The van der Waals surface area contributed by atoms with Gasteiger partial charge in [-0.1, -0.05) is 13.3 Å². The molecule has 2 nitrogen and oxygen atoms in total. The van der Waals surface area contributed by atoms with E-state index in [4.69, 9.17) is 0 Å². The second kappa shape index (κ2) is 6.68. The summed E-state index contributed by atoms with van der Waals surface area (Å²) in [6, 6.07) is 0. The van der Waals surface area contributed by atoms with Crippen LogP contribution in [0.5, 0.6) is 0 Å². The first-order valence-electron chi connectivity index (χ1n) is 5.21. The minimum absolute atomic E-state index is 0.889. The highest BCUT2D eigenvalue weighted by atomic mass is 19.5. The molecule has 0 bridgehead atoms. The van der Waals surface area contributed by atoms with Gasteiger partial charge in [0, 0.05) is 0 Å². The van der Waals surface area contributed by atoms with Gasteiger partial charge in [-0.2, -0.15) is 0 Å². The molecule has 0 aromatic heterocycles. The predicted molar refractivity (Wildman–Crippen MR) is 58.4 cm³/mol. The monoisotopic (exact) mass is 240 g/mol. The first-order chi connectivity index (χ1) is 7.27. The normalized spacial score (nSPS) is 23.1. The Morgan fingerprint density at radius 3 is 2.12 bits per heavy atom. The maximum atomic E-state index is 9.75. The maximum Gasteiger partial charge on any atom is 0.673 e. The number of quaternary nitrogens is 1. The number of hydrogen-bond donors (Lipinski definition) is 0. The summed E-state index contributed by atoms with van der Waals surface area (Å²) >= 11 is 0. The van der Waals surface area contributed by atoms with Crippen LogP contribution in [-0.4, -0.2) is 31.7 Å². The van der Waals surface area contributed by atoms with Gasteiger partial charge < -0.3 is 17.3 Å². The van der Waals surface area contributed by atoms with Crippen molar-refractivity contribution in [3.63, 3.8) is 0 Å². The van der Waals surface area contributed by atoms with Gasteiger partial charge >= 0.3 is 7.25 Å². The van der Waals surface area contributed by atoms with E-state index in [1.807, 2.05) is 12.5 Å². The summed E-state index contributed by atoms with van der Waals surface area (Å²) in [6.07, 6.45) is 9.93. The van der Waals surface area contributed by atoms with E-state index in [0.717, 1.165) is 4.48 Å². The Morgan fingerprint density at radius 2 is 1.75 bits per heavy atom. The summed E-state index contributed by atoms with van der Waals surface area (Å²) in [5, 5.41) is 0. The van der Waals surface area contributed by atoms with E-state index < -0.39 is 7.25 Å². The van der Waals surface area contributed by atoms with Crippen molar-refractivity contribution in [3.8, 4) is 0 Å². The number of nitrogens with zero attached hydrogens (tertiary/aromatic N) is 2. The molecule has 0 fully saturated rings. The lowest BCUT2D eigenvalue weighted by molar-refractivity contribution is -0.756. The third-order valence-corrected chi connectivity index (χ3v) is 2.07. The van der Waals surface area contributed by atoms with E-state index in [1.165, 1.54) is 25.8 Å². The Kier molecular flexibility index (Phi) is 6.32. The molecule has 0 radical (unpaired) electrons. The third kappa shape index (κ3) is 9.70. The van der Waals surface area contributed by atoms with Crippen LogP contribution in [0.1, 0.15) is 26.2 Å². The fourth-order valence-electron chi connectivity index (χ4n) is 1.25.